The summed E-state index contributed by atoms with van der Waals surface area (Å²) in [5, 5.41) is 0. The van der Waals surface area contributed by atoms with Gasteiger partial charge >= 0.3 is 0 Å². The van der Waals surface area contributed by atoms with Crippen molar-refractivity contribution >= 4 is 32.7 Å². The smallest absolute Gasteiger partial charge is 0.297 e. The summed E-state index contributed by atoms with van der Waals surface area (Å²) in [5.74, 6) is 0. The van der Waals surface area contributed by atoms with E-state index in [1.165, 1.54) is 0 Å². The summed E-state index contributed by atoms with van der Waals surface area (Å²) in [6.07, 6.45) is 0. The van der Waals surface area contributed by atoms with Gasteiger partial charge in [-0.3, -0.25) is 4.18 Å². The van der Waals surface area contributed by atoms with Crippen molar-refractivity contribution in [1.82, 2.24) is 0 Å². The van der Waals surface area contributed by atoms with E-state index in [1.807, 2.05) is 6.92 Å². The Bertz CT molecular complexity index is 441. The van der Waals surface area contributed by atoms with E-state index in [0.717, 1.165) is 5.56 Å². The number of hydrogen-bond donors (Lipinski definition) is 0. The Morgan fingerprint density at radius 3 is 2.35 bits per heavy atom. The second kappa shape index (κ2) is 6.67. The van der Waals surface area contributed by atoms with Crippen LogP contribution in [0.1, 0.15) is 5.56 Å². The van der Waals surface area contributed by atoms with Gasteiger partial charge in [0.15, 0.2) is 0 Å². The molecule has 1 unspecified atom stereocenters. The molecule has 4 nitrogen and oxygen atoms in total. The molecule has 1 rings (SSSR count). The highest BCUT2D eigenvalue weighted by Crippen LogP contribution is 2.14. The van der Waals surface area contributed by atoms with E-state index in [0.29, 0.717) is 6.61 Å². The average molecular weight is 370 g/mol. The molecule has 1 aromatic rings. The van der Waals surface area contributed by atoms with Gasteiger partial charge in [-0.2, -0.15) is 8.42 Å². The molecular formula is C11H15IO4S. The zero-order valence-electron chi connectivity index (χ0n) is 9.72. The molecule has 0 fully saturated rings. The first-order valence-electron chi connectivity index (χ1n) is 5.05. The number of alkyl halides is 1. The molecule has 0 spiro atoms. The van der Waals surface area contributed by atoms with Crippen LogP contribution in [0.15, 0.2) is 29.2 Å². The molecule has 0 saturated heterocycles. The van der Waals surface area contributed by atoms with Crippen LogP contribution in [0.4, 0.5) is 0 Å². The molecule has 0 bridgehead atoms. The minimum absolute atomic E-state index is 0.0119. The minimum Gasteiger partial charge on any atom is -0.384 e. The Labute approximate surface area is 116 Å². The molecule has 96 valence electrons. The van der Waals surface area contributed by atoms with E-state index in [4.69, 9.17) is 8.92 Å². The molecule has 1 atom stereocenters. The Hall–Kier alpha value is -0.180. The normalized spacial score (nSPS) is 13.6. The third kappa shape index (κ3) is 4.90. The van der Waals surface area contributed by atoms with E-state index in [1.54, 1.807) is 31.4 Å². The second-order valence-corrected chi connectivity index (χ2v) is 6.98. The molecule has 0 aromatic heterocycles. The van der Waals surface area contributed by atoms with Crippen molar-refractivity contribution in [1.29, 1.82) is 0 Å². The van der Waals surface area contributed by atoms with Crippen LogP contribution < -0.4 is 0 Å². The summed E-state index contributed by atoms with van der Waals surface area (Å²) in [4.78, 5) is 0.184. The van der Waals surface area contributed by atoms with Gasteiger partial charge in [-0.25, -0.2) is 0 Å². The molecule has 0 radical (unpaired) electrons. The van der Waals surface area contributed by atoms with Gasteiger partial charge in [-0.15, -0.1) is 0 Å². The highest BCUT2D eigenvalue weighted by atomic mass is 127. The highest BCUT2D eigenvalue weighted by Gasteiger charge is 2.16. The van der Waals surface area contributed by atoms with Crippen molar-refractivity contribution in [3.05, 3.63) is 29.8 Å². The van der Waals surface area contributed by atoms with Crippen molar-refractivity contribution in [2.24, 2.45) is 0 Å². The maximum atomic E-state index is 11.8. The highest BCUT2D eigenvalue weighted by molar-refractivity contribution is 14.1. The molecular weight excluding hydrogens is 355 g/mol. The van der Waals surface area contributed by atoms with E-state index < -0.39 is 10.1 Å². The summed E-state index contributed by atoms with van der Waals surface area (Å²) in [6, 6.07) is 6.58. The molecule has 0 aliphatic heterocycles. The average Bonchev–Trinajstić information content (AvgIpc) is 2.28. The van der Waals surface area contributed by atoms with Gasteiger partial charge < -0.3 is 4.74 Å². The van der Waals surface area contributed by atoms with Crippen molar-refractivity contribution < 1.29 is 17.3 Å². The number of halogens is 1. The number of ether oxygens (including phenoxy) is 1. The van der Waals surface area contributed by atoms with Gasteiger partial charge in [0, 0.05) is 7.11 Å². The van der Waals surface area contributed by atoms with Crippen LogP contribution >= 0.6 is 22.6 Å². The molecule has 0 aliphatic rings. The second-order valence-electron chi connectivity index (χ2n) is 3.60. The van der Waals surface area contributed by atoms with Crippen molar-refractivity contribution in [2.75, 3.05) is 20.3 Å². The topological polar surface area (TPSA) is 52.6 Å². The third-order valence-corrected chi connectivity index (χ3v) is 4.08. The standard InChI is InChI=1S/C11H15IO4S/c1-9-3-5-11(6-4-9)17(13,14)16-8-10(12)7-15-2/h3-6,10H,7-8H2,1-2H3. The van der Waals surface area contributed by atoms with Crippen LogP contribution in [0.3, 0.4) is 0 Å². The van der Waals surface area contributed by atoms with Gasteiger partial charge in [-0.05, 0) is 19.1 Å². The fourth-order valence-electron chi connectivity index (χ4n) is 1.17. The Balaban J connectivity index is 2.66. The first-order chi connectivity index (χ1) is 7.95. The van der Waals surface area contributed by atoms with Crippen LogP contribution in [-0.2, 0) is 19.0 Å². The Morgan fingerprint density at radius 1 is 1.24 bits per heavy atom. The van der Waals surface area contributed by atoms with E-state index >= 15 is 0 Å². The molecule has 0 aliphatic carbocycles. The predicted molar refractivity (Wildman–Crippen MR) is 74.0 cm³/mol. The maximum Gasteiger partial charge on any atom is 0.297 e. The molecule has 0 N–H and O–H groups in total. The number of methoxy groups -OCH3 is 1. The van der Waals surface area contributed by atoms with Gasteiger partial charge in [0.25, 0.3) is 10.1 Å². The molecule has 0 amide bonds. The molecule has 1 aromatic carbocycles. The summed E-state index contributed by atoms with van der Waals surface area (Å²) in [5.41, 5.74) is 1.01. The first kappa shape index (κ1) is 14.9. The van der Waals surface area contributed by atoms with Gasteiger partial charge in [0.1, 0.15) is 0 Å². The zero-order chi connectivity index (χ0) is 12.9. The van der Waals surface area contributed by atoms with E-state index in [9.17, 15) is 8.42 Å². The van der Waals surface area contributed by atoms with Crippen LogP contribution in [0.2, 0.25) is 0 Å². The quantitative estimate of drug-likeness (QED) is 0.438. The molecule has 0 saturated carbocycles. The van der Waals surface area contributed by atoms with Crippen molar-refractivity contribution in [3.8, 4) is 0 Å². The summed E-state index contributed by atoms with van der Waals surface area (Å²) < 4.78 is 33.4. The summed E-state index contributed by atoms with van der Waals surface area (Å²) in [7, 11) is -2.08. The first-order valence-corrected chi connectivity index (χ1v) is 7.70. The maximum absolute atomic E-state index is 11.8. The lowest BCUT2D eigenvalue weighted by atomic mass is 10.2. The van der Waals surface area contributed by atoms with Gasteiger partial charge in [0.05, 0.1) is 22.0 Å². The zero-order valence-corrected chi connectivity index (χ0v) is 12.7. The predicted octanol–water partition coefficient (Wildman–Crippen LogP) is 2.15. The lowest BCUT2D eigenvalue weighted by Gasteiger charge is -2.09. The van der Waals surface area contributed by atoms with Gasteiger partial charge in [-0.1, -0.05) is 40.3 Å². The summed E-state index contributed by atoms with van der Waals surface area (Å²) >= 11 is 2.09. The fourth-order valence-corrected chi connectivity index (χ4v) is 2.90. The van der Waals surface area contributed by atoms with Crippen LogP contribution in [0.5, 0.6) is 0 Å². The largest absolute Gasteiger partial charge is 0.384 e. The minimum atomic E-state index is -3.65. The number of benzene rings is 1. The molecule has 6 heteroatoms. The monoisotopic (exact) mass is 370 g/mol. The third-order valence-electron chi connectivity index (χ3n) is 2.06. The lowest BCUT2D eigenvalue weighted by molar-refractivity contribution is 0.183. The fraction of sp³-hybridized carbons (Fsp3) is 0.455. The Kier molecular flexibility index (Phi) is 5.84. The lowest BCUT2D eigenvalue weighted by Crippen LogP contribution is -2.18. The van der Waals surface area contributed by atoms with E-state index in [-0.39, 0.29) is 15.4 Å². The number of rotatable bonds is 6. The van der Waals surface area contributed by atoms with Crippen LogP contribution in [0.25, 0.3) is 0 Å². The Morgan fingerprint density at radius 2 is 1.82 bits per heavy atom. The summed E-state index contributed by atoms with van der Waals surface area (Å²) in [6.45, 7) is 2.48. The number of hydrogen-bond acceptors (Lipinski definition) is 4. The number of aryl methyl sites for hydroxylation is 1. The SMILES string of the molecule is COCC(I)COS(=O)(=O)c1ccc(C)cc1. The molecule has 17 heavy (non-hydrogen) atoms. The van der Waals surface area contributed by atoms with Gasteiger partial charge in [0.2, 0.25) is 0 Å². The van der Waals surface area contributed by atoms with E-state index in [2.05, 4.69) is 22.6 Å². The molecule has 0 heterocycles. The van der Waals surface area contributed by atoms with Crippen molar-refractivity contribution in [3.63, 3.8) is 0 Å². The van der Waals surface area contributed by atoms with Crippen LogP contribution in [0, 0.1) is 6.92 Å². The van der Waals surface area contributed by atoms with Crippen LogP contribution in [-0.4, -0.2) is 32.7 Å². The van der Waals surface area contributed by atoms with Crippen molar-refractivity contribution in [2.45, 2.75) is 15.7 Å².